The molecule has 0 spiro atoms. The molecule has 0 saturated carbocycles. The fraction of sp³-hybridized carbons (Fsp3) is 0.367. The molecule has 0 aliphatic carbocycles. The highest BCUT2D eigenvalue weighted by molar-refractivity contribution is 6.36. The SMILES string of the molecule is CN1CC(COc2nc(N3CCN(C(=O)O)[C@@H](CC#N)C3)c3cnc(-c4cccc5ccc(F)c(Cl)c45)c(F)c3n2)C(F)(F)C1. The lowest BCUT2D eigenvalue weighted by Crippen LogP contribution is -2.55. The quantitative estimate of drug-likeness (QED) is 0.274. The zero-order valence-electron chi connectivity index (χ0n) is 23.9. The smallest absolute Gasteiger partial charge is 0.407 e. The van der Waals surface area contributed by atoms with Crippen LogP contribution in [0, 0.1) is 28.9 Å². The lowest BCUT2D eigenvalue weighted by Gasteiger charge is -2.39. The second-order valence-corrected chi connectivity index (χ2v) is 11.6. The van der Waals surface area contributed by atoms with E-state index in [1.165, 1.54) is 23.2 Å². The minimum Gasteiger partial charge on any atom is -0.465 e. The summed E-state index contributed by atoms with van der Waals surface area (Å²) in [6.07, 6.45) is 0.0488. The Labute approximate surface area is 259 Å². The number of benzene rings is 2. The molecular weight excluding hydrogens is 618 g/mol. The van der Waals surface area contributed by atoms with Gasteiger partial charge < -0.3 is 19.6 Å². The number of carboxylic acid groups (broad SMARTS) is 1. The molecule has 10 nitrogen and oxygen atoms in total. The van der Waals surface area contributed by atoms with Gasteiger partial charge in [-0.1, -0.05) is 35.9 Å². The van der Waals surface area contributed by atoms with E-state index in [4.69, 9.17) is 16.3 Å². The van der Waals surface area contributed by atoms with Crippen LogP contribution < -0.4 is 9.64 Å². The second-order valence-electron chi connectivity index (χ2n) is 11.2. The average molecular weight is 644 g/mol. The van der Waals surface area contributed by atoms with Crippen molar-refractivity contribution in [3.8, 4) is 23.3 Å². The Bertz CT molecular complexity index is 1860. The third kappa shape index (κ3) is 5.62. The number of halogens is 5. The number of piperazine rings is 1. The number of likely N-dealkylation sites (tertiary alicyclic amines) is 1. The maximum absolute atomic E-state index is 16.5. The molecular formula is C30H26ClF4N7O3. The van der Waals surface area contributed by atoms with Crippen molar-refractivity contribution in [3.63, 3.8) is 0 Å². The van der Waals surface area contributed by atoms with Crippen molar-refractivity contribution in [2.24, 2.45) is 5.92 Å². The lowest BCUT2D eigenvalue weighted by molar-refractivity contribution is -0.0400. The van der Waals surface area contributed by atoms with Crippen LogP contribution >= 0.6 is 11.6 Å². The first-order valence-corrected chi connectivity index (χ1v) is 14.4. The Morgan fingerprint density at radius 3 is 2.71 bits per heavy atom. The van der Waals surface area contributed by atoms with Crippen LogP contribution in [0.2, 0.25) is 5.02 Å². The van der Waals surface area contributed by atoms with E-state index in [1.54, 1.807) is 30.1 Å². The highest BCUT2D eigenvalue weighted by Crippen LogP contribution is 2.39. The maximum Gasteiger partial charge on any atom is 0.407 e. The average Bonchev–Trinajstić information content (AvgIpc) is 3.28. The maximum atomic E-state index is 16.5. The molecule has 45 heavy (non-hydrogen) atoms. The van der Waals surface area contributed by atoms with E-state index in [1.807, 2.05) is 6.07 Å². The number of alkyl halides is 2. The molecule has 6 rings (SSSR count). The van der Waals surface area contributed by atoms with Gasteiger partial charge in [-0.2, -0.15) is 15.2 Å². The predicted octanol–water partition coefficient (Wildman–Crippen LogP) is 5.43. The minimum absolute atomic E-state index is 0.0259. The summed E-state index contributed by atoms with van der Waals surface area (Å²) in [6, 6.07) is 8.51. The molecule has 0 bridgehead atoms. The topological polar surface area (TPSA) is 119 Å². The summed E-state index contributed by atoms with van der Waals surface area (Å²) < 4.78 is 65.7. The van der Waals surface area contributed by atoms with E-state index in [9.17, 15) is 28.3 Å². The van der Waals surface area contributed by atoms with Crippen LogP contribution in [0.1, 0.15) is 6.42 Å². The fourth-order valence-corrected chi connectivity index (χ4v) is 6.29. The molecule has 2 aliphatic heterocycles. The molecule has 234 valence electrons. The first kappa shape index (κ1) is 30.5. The van der Waals surface area contributed by atoms with Gasteiger partial charge in [-0.05, 0) is 18.5 Å². The molecule has 2 fully saturated rings. The van der Waals surface area contributed by atoms with Crippen LogP contribution in [0.5, 0.6) is 6.01 Å². The molecule has 4 aromatic rings. The zero-order valence-corrected chi connectivity index (χ0v) is 24.6. The van der Waals surface area contributed by atoms with Gasteiger partial charge in [0.25, 0.3) is 5.92 Å². The predicted molar refractivity (Wildman–Crippen MR) is 158 cm³/mol. The molecule has 1 unspecified atom stereocenters. The zero-order chi connectivity index (χ0) is 32.0. The highest BCUT2D eigenvalue weighted by Gasteiger charge is 2.47. The first-order valence-electron chi connectivity index (χ1n) is 14.0. The van der Waals surface area contributed by atoms with E-state index < -0.39 is 48.8 Å². The van der Waals surface area contributed by atoms with Crippen molar-refractivity contribution in [1.82, 2.24) is 24.8 Å². The summed E-state index contributed by atoms with van der Waals surface area (Å²) in [6.45, 7) is -0.606. The van der Waals surface area contributed by atoms with Crippen molar-refractivity contribution in [3.05, 3.63) is 53.2 Å². The number of aromatic nitrogens is 3. The monoisotopic (exact) mass is 643 g/mol. The van der Waals surface area contributed by atoms with Gasteiger partial charge in [0.1, 0.15) is 29.5 Å². The van der Waals surface area contributed by atoms with Gasteiger partial charge >= 0.3 is 12.1 Å². The Kier molecular flexibility index (Phi) is 8.00. The largest absolute Gasteiger partial charge is 0.465 e. The number of hydrogen-bond donors (Lipinski definition) is 1. The molecule has 15 heteroatoms. The standard InChI is InChI=1S/C30H26ClF4N7O3/c1-40-12-17(30(34,35)15-40)14-45-28-38-26-20(27(39-28)41-9-10-42(29(43)44)18(13-41)7-8-36)11-37-25(24(26)33)19-4-2-3-16-5-6-21(32)23(31)22(16)19/h2-6,11,17-18H,7,9-10,12-15H2,1H3,(H,43,44)/t17?,18-/m0/s1. The van der Waals surface area contributed by atoms with Gasteiger partial charge in [-0.25, -0.2) is 22.4 Å². The number of amides is 1. The van der Waals surface area contributed by atoms with Crippen LogP contribution in [0.25, 0.3) is 32.9 Å². The number of fused-ring (bicyclic) bond motifs is 2. The number of rotatable bonds is 6. The van der Waals surface area contributed by atoms with Gasteiger partial charge in [0, 0.05) is 43.3 Å². The number of hydrogen-bond acceptors (Lipinski definition) is 8. The van der Waals surface area contributed by atoms with Crippen LogP contribution in [-0.4, -0.2) is 94.3 Å². The van der Waals surface area contributed by atoms with Gasteiger partial charge in [0.15, 0.2) is 5.82 Å². The molecule has 1 N–H and O–H groups in total. The summed E-state index contributed by atoms with van der Waals surface area (Å²) >= 11 is 6.30. The molecule has 2 aromatic carbocycles. The van der Waals surface area contributed by atoms with Crippen LogP contribution in [0.15, 0.2) is 36.5 Å². The number of carbonyl (C=O) groups is 1. The first-order chi connectivity index (χ1) is 21.5. The van der Waals surface area contributed by atoms with E-state index in [2.05, 4.69) is 15.0 Å². The molecule has 2 aromatic heterocycles. The molecule has 2 atom stereocenters. The summed E-state index contributed by atoms with van der Waals surface area (Å²) in [5.74, 6) is -5.64. The van der Waals surface area contributed by atoms with Gasteiger partial charge in [0.2, 0.25) is 0 Å². The summed E-state index contributed by atoms with van der Waals surface area (Å²) in [7, 11) is 1.57. The summed E-state index contributed by atoms with van der Waals surface area (Å²) in [4.78, 5) is 29.1. The second kappa shape index (κ2) is 11.8. The number of anilines is 1. The Morgan fingerprint density at radius 2 is 2.00 bits per heavy atom. The molecule has 2 saturated heterocycles. The molecule has 4 heterocycles. The van der Waals surface area contributed by atoms with Crippen molar-refractivity contribution < 1.29 is 32.2 Å². The minimum atomic E-state index is -3.02. The van der Waals surface area contributed by atoms with E-state index >= 15 is 4.39 Å². The number of ether oxygens (including phenoxy) is 1. The summed E-state index contributed by atoms with van der Waals surface area (Å²) in [5, 5.41) is 19.7. The summed E-state index contributed by atoms with van der Waals surface area (Å²) in [5.41, 5.74) is -0.215. The normalized spacial score (nSPS) is 20.1. The van der Waals surface area contributed by atoms with Crippen molar-refractivity contribution in [2.75, 3.05) is 51.3 Å². The van der Waals surface area contributed by atoms with Crippen molar-refractivity contribution in [2.45, 2.75) is 18.4 Å². The molecule has 2 aliphatic rings. The highest BCUT2D eigenvalue weighted by atomic mass is 35.5. The molecule has 0 radical (unpaired) electrons. The van der Waals surface area contributed by atoms with Gasteiger partial charge in [-0.15, -0.1) is 0 Å². The Hall–Kier alpha value is -4.48. The van der Waals surface area contributed by atoms with Gasteiger partial charge in [0.05, 0.1) is 41.4 Å². The number of pyridine rings is 1. The number of nitrogens with zero attached hydrogens (tertiary/aromatic N) is 7. The van der Waals surface area contributed by atoms with E-state index in [0.29, 0.717) is 5.39 Å². The van der Waals surface area contributed by atoms with E-state index in [0.717, 1.165) is 4.90 Å². The van der Waals surface area contributed by atoms with Crippen molar-refractivity contribution >= 4 is 45.2 Å². The van der Waals surface area contributed by atoms with Crippen LogP contribution in [-0.2, 0) is 0 Å². The fourth-order valence-electron chi connectivity index (χ4n) is 6.01. The molecule has 1 amide bonds. The van der Waals surface area contributed by atoms with Crippen LogP contribution in [0.3, 0.4) is 0 Å². The Balaban J connectivity index is 1.47. The Morgan fingerprint density at radius 1 is 1.20 bits per heavy atom. The van der Waals surface area contributed by atoms with Gasteiger partial charge in [-0.3, -0.25) is 9.88 Å². The van der Waals surface area contributed by atoms with Crippen LogP contribution in [0.4, 0.5) is 28.2 Å². The third-order valence-corrected chi connectivity index (χ3v) is 8.58. The third-order valence-electron chi connectivity index (χ3n) is 8.21. The van der Waals surface area contributed by atoms with E-state index in [-0.39, 0.29) is 77.0 Å². The lowest BCUT2D eigenvalue weighted by atomic mass is 10.0. The number of nitriles is 1. The van der Waals surface area contributed by atoms with Crippen molar-refractivity contribution in [1.29, 1.82) is 5.26 Å².